The van der Waals surface area contributed by atoms with Crippen LogP contribution in [0, 0.1) is 0 Å². The van der Waals surface area contributed by atoms with Crippen LogP contribution in [0.2, 0.25) is 0 Å². The van der Waals surface area contributed by atoms with Gasteiger partial charge in [-0.3, -0.25) is 4.72 Å². The van der Waals surface area contributed by atoms with Crippen LogP contribution in [0.1, 0.15) is 0 Å². The number of anilines is 1. The minimum atomic E-state index is 0.821. The van der Waals surface area contributed by atoms with Gasteiger partial charge in [0, 0.05) is 10.6 Å². The summed E-state index contributed by atoms with van der Waals surface area (Å²) in [5.74, 6) is 0. The molecule has 3 N–H and O–H groups in total. The number of nitrogens with two attached hydrogens (primary N) is 1. The van der Waals surface area contributed by atoms with Crippen molar-refractivity contribution in [3.8, 4) is 0 Å². The lowest BCUT2D eigenvalue weighted by Gasteiger charge is -2.01. The fourth-order valence-corrected chi connectivity index (χ4v) is 1.24. The number of rotatable bonds is 2. The number of para-hydroxylation sites is 1. The average Bonchev–Trinajstić information content (AvgIpc) is 1.94. The van der Waals surface area contributed by atoms with Crippen LogP contribution in [-0.2, 0) is 0 Å². The zero-order valence-electron chi connectivity index (χ0n) is 5.79. The molecule has 0 atom stereocenters. The van der Waals surface area contributed by atoms with Crippen molar-refractivity contribution in [2.75, 3.05) is 12.8 Å². The van der Waals surface area contributed by atoms with Crippen LogP contribution < -0.4 is 10.5 Å². The number of hydrogen-bond acceptors (Lipinski definition) is 3. The van der Waals surface area contributed by atoms with Gasteiger partial charge in [0.25, 0.3) is 0 Å². The van der Waals surface area contributed by atoms with Crippen LogP contribution in [0.15, 0.2) is 29.2 Å². The van der Waals surface area contributed by atoms with E-state index in [9.17, 15) is 0 Å². The third-order valence-electron chi connectivity index (χ3n) is 1.13. The van der Waals surface area contributed by atoms with Crippen LogP contribution >= 0.6 is 11.9 Å². The summed E-state index contributed by atoms with van der Waals surface area (Å²) in [6.45, 7) is 0. The number of hydrogen-bond donors (Lipinski definition) is 2. The minimum absolute atomic E-state index is 0.821. The summed E-state index contributed by atoms with van der Waals surface area (Å²) in [6.07, 6.45) is 0. The molecule has 0 aliphatic carbocycles. The summed E-state index contributed by atoms with van der Waals surface area (Å²) in [5, 5.41) is 0. The Labute approximate surface area is 64.9 Å². The molecule has 0 heterocycles. The summed E-state index contributed by atoms with van der Waals surface area (Å²) < 4.78 is 2.96. The van der Waals surface area contributed by atoms with E-state index >= 15 is 0 Å². The van der Waals surface area contributed by atoms with Crippen molar-refractivity contribution >= 4 is 17.6 Å². The molecule has 0 unspecified atom stereocenters. The van der Waals surface area contributed by atoms with Crippen LogP contribution in [0.5, 0.6) is 0 Å². The maximum absolute atomic E-state index is 5.65. The third kappa shape index (κ3) is 1.65. The molecule has 0 saturated heterocycles. The first-order valence-corrected chi connectivity index (χ1v) is 3.84. The standard InChI is InChI=1S/C7H10N2S/c1-9-10-7-5-3-2-4-6(7)8/h2-5,9H,8H2,1H3. The molecule has 1 rings (SSSR count). The Bertz CT molecular complexity index is 213. The summed E-state index contributed by atoms with van der Waals surface area (Å²) in [4.78, 5) is 1.07. The average molecular weight is 154 g/mol. The van der Waals surface area contributed by atoms with Crippen molar-refractivity contribution < 1.29 is 0 Å². The molecule has 0 fully saturated rings. The fourth-order valence-electron chi connectivity index (χ4n) is 0.683. The Morgan fingerprint density at radius 3 is 2.70 bits per heavy atom. The molecule has 0 radical (unpaired) electrons. The van der Waals surface area contributed by atoms with E-state index in [1.165, 1.54) is 11.9 Å². The topological polar surface area (TPSA) is 38.0 Å². The molecule has 0 saturated carbocycles. The predicted molar refractivity (Wildman–Crippen MR) is 45.8 cm³/mol. The van der Waals surface area contributed by atoms with Gasteiger partial charge in [-0.15, -0.1) is 0 Å². The number of benzene rings is 1. The van der Waals surface area contributed by atoms with E-state index in [-0.39, 0.29) is 0 Å². The Balaban J connectivity index is 2.81. The van der Waals surface area contributed by atoms with E-state index in [0.717, 1.165) is 10.6 Å². The molecule has 0 bridgehead atoms. The van der Waals surface area contributed by atoms with Gasteiger partial charge in [0.05, 0.1) is 0 Å². The van der Waals surface area contributed by atoms with Gasteiger partial charge in [0.1, 0.15) is 0 Å². The zero-order chi connectivity index (χ0) is 7.40. The van der Waals surface area contributed by atoms with E-state index in [1.54, 1.807) is 0 Å². The van der Waals surface area contributed by atoms with E-state index < -0.39 is 0 Å². The molecule has 0 aliphatic heterocycles. The normalized spacial score (nSPS) is 9.70. The highest BCUT2D eigenvalue weighted by Crippen LogP contribution is 2.20. The van der Waals surface area contributed by atoms with Crippen molar-refractivity contribution in [3.05, 3.63) is 24.3 Å². The molecule has 3 heteroatoms. The summed E-state index contributed by atoms with van der Waals surface area (Å²) in [5.41, 5.74) is 6.47. The maximum Gasteiger partial charge on any atom is 0.0465 e. The van der Waals surface area contributed by atoms with E-state index in [2.05, 4.69) is 4.72 Å². The molecule has 0 aliphatic rings. The van der Waals surface area contributed by atoms with Gasteiger partial charge in [-0.2, -0.15) is 0 Å². The van der Waals surface area contributed by atoms with Crippen molar-refractivity contribution in [2.45, 2.75) is 4.90 Å². The molecule has 54 valence electrons. The molecule has 10 heavy (non-hydrogen) atoms. The first-order valence-electron chi connectivity index (χ1n) is 3.02. The quantitative estimate of drug-likeness (QED) is 0.500. The van der Waals surface area contributed by atoms with Crippen molar-refractivity contribution in [2.24, 2.45) is 0 Å². The Morgan fingerprint density at radius 2 is 2.10 bits per heavy atom. The molecular formula is C7H10N2S. The first kappa shape index (κ1) is 7.44. The molecule has 0 amide bonds. The highest BCUT2D eigenvalue weighted by Gasteiger charge is 1.93. The van der Waals surface area contributed by atoms with Gasteiger partial charge in [-0.1, -0.05) is 12.1 Å². The van der Waals surface area contributed by atoms with Crippen molar-refractivity contribution in [3.63, 3.8) is 0 Å². The van der Waals surface area contributed by atoms with Crippen LogP contribution in [0.25, 0.3) is 0 Å². The molecular weight excluding hydrogens is 144 g/mol. The largest absolute Gasteiger partial charge is 0.398 e. The van der Waals surface area contributed by atoms with Gasteiger partial charge in [-0.25, -0.2) is 0 Å². The molecule has 0 aromatic heterocycles. The first-order chi connectivity index (χ1) is 4.84. The highest BCUT2D eigenvalue weighted by molar-refractivity contribution is 7.97. The van der Waals surface area contributed by atoms with Crippen LogP contribution in [0.3, 0.4) is 0 Å². The van der Waals surface area contributed by atoms with Gasteiger partial charge in [0.15, 0.2) is 0 Å². The van der Waals surface area contributed by atoms with E-state index in [4.69, 9.17) is 5.73 Å². The van der Waals surface area contributed by atoms with Crippen molar-refractivity contribution in [1.82, 2.24) is 4.72 Å². The van der Waals surface area contributed by atoms with E-state index in [0.29, 0.717) is 0 Å². The maximum atomic E-state index is 5.65. The van der Waals surface area contributed by atoms with Gasteiger partial charge in [-0.05, 0) is 31.1 Å². The molecule has 1 aromatic carbocycles. The summed E-state index contributed by atoms with van der Waals surface area (Å²) >= 11 is 1.53. The van der Waals surface area contributed by atoms with Crippen LogP contribution in [0.4, 0.5) is 5.69 Å². The Morgan fingerprint density at radius 1 is 1.40 bits per heavy atom. The monoisotopic (exact) mass is 154 g/mol. The fraction of sp³-hybridized carbons (Fsp3) is 0.143. The SMILES string of the molecule is CNSc1ccccc1N. The van der Waals surface area contributed by atoms with E-state index in [1.807, 2.05) is 31.3 Å². The number of nitrogen functional groups attached to an aromatic ring is 1. The van der Waals surface area contributed by atoms with Gasteiger partial charge in [0.2, 0.25) is 0 Å². The lowest BCUT2D eigenvalue weighted by atomic mass is 10.3. The van der Waals surface area contributed by atoms with Gasteiger partial charge >= 0.3 is 0 Å². The summed E-state index contributed by atoms with van der Waals surface area (Å²) in [6, 6.07) is 7.77. The second kappa shape index (κ2) is 3.49. The predicted octanol–water partition coefficient (Wildman–Crippen LogP) is 1.50. The minimum Gasteiger partial charge on any atom is -0.398 e. The number of nitrogens with one attached hydrogen (secondary N) is 1. The second-order valence-corrected chi connectivity index (χ2v) is 2.90. The molecule has 0 spiro atoms. The lowest BCUT2D eigenvalue weighted by Crippen LogP contribution is -1.94. The Kier molecular flexibility index (Phi) is 2.59. The zero-order valence-corrected chi connectivity index (χ0v) is 6.61. The van der Waals surface area contributed by atoms with Crippen LogP contribution in [-0.4, -0.2) is 7.05 Å². The molecule has 1 aromatic rings. The second-order valence-electron chi connectivity index (χ2n) is 1.84. The third-order valence-corrected chi connectivity index (χ3v) is 1.93. The summed E-state index contributed by atoms with van der Waals surface area (Å²) in [7, 11) is 1.87. The smallest absolute Gasteiger partial charge is 0.0465 e. The van der Waals surface area contributed by atoms with Crippen molar-refractivity contribution in [1.29, 1.82) is 0 Å². The molecule has 2 nitrogen and oxygen atoms in total. The highest BCUT2D eigenvalue weighted by atomic mass is 32.2. The van der Waals surface area contributed by atoms with Gasteiger partial charge < -0.3 is 5.73 Å². The Hall–Kier alpha value is -0.670. The lowest BCUT2D eigenvalue weighted by molar-refractivity contribution is 1.28.